The van der Waals surface area contributed by atoms with E-state index >= 15 is 0 Å². The highest BCUT2D eigenvalue weighted by molar-refractivity contribution is 5.94. The van der Waals surface area contributed by atoms with Crippen molar-refractivity contribution < 1.29 is 9.53 Å². The fourth-order valence-corrected chi connectivity index (χ4v) is 2.09. The molecule has 23 heavy (non-hydrogen) atoms. The molecule has 1 aromatic carbocycles. The highest BCUT2D eigenvalue weighted by atomic mass is 16.5. The molecule has 0 aliphatic carbocycles. The molecule has 1 amide bonds. The Kier molecular flexibility index (Phi) is 5.71. The number of hydrogen-bond donors (Lipinski definition) is 2. The molecule has 122 valence electrons. The Balaban J connectivity index is 1.99. The van der Waals surface area contributed by atoms with E-state index in [0.717, 1.165) is 17.7 Å². The van der Waals surface area contributed by atoms with E-state index in [9.17, 15) is 4.79 Å². The van der Waals surface area contributed by atoms with E-state index in [1.54, 1.807) is 18.3 Å². The topological polar surface area (TPSA) is 77.2 Å². The van der Waals surface area contributed by atoms with Crippen LogP contribution in [0, 0.1) is 13.8 Å². The number of nitrogens with two attached hydrogens (primary N) is 1. The van der Waals surface area contributed by atoms with Gasteiger partial charge < -0.3 is 15.8 Å². The van der Waals surface area contributed by atoms with Gasteiger partial charge in [-0.15, -0.1) is 0 Å². The van der Waals surface area contributed by atoms with E-state index < -0.39 is 6.04 Å². The summed E-state index contributed by atoms with van der Waals surface area (Å²) in [6.07, 6.45) is 3.09. The van der Waals surface area contributed by atoms with Gasteiger partial charge in [0.1, 0.15) is 5.75 Å². The van der Waals surface area contributed by atoms with Gasteiger partial charge in [-0.2, -0.15) is 0 Å². The number of carbonyl (C=O) groups excluding carboxylic acids is 1. The van der Waals surface area contributed by atoms with Crippen molar-refractivity contribution in [3.05, 3.63) is 47.7 Å². The van der Waals surface area contributed by atoms with Crippen LogP contribution in [-0.4, -0.2) is 16.9 Å². The molecule has 0 radical (unpaired) electrons. The standard InChI is InChI=1S/C18H23N3O2/c1-4-5-16(19)18(22)21-14-7-9-17(20-11-14)23-15-8-6-12(2)13(3)10-15/h6-11,16H,4-5,19H2,1-3H3,(H,21,22). The number of pyridine rings is 1. The van der Waals surface area contributed by atoms with Crippen LogP contribution < -0.4 is 15.8 Å². The van der Waals surface area contributed by atoms with Crippen LogP contribution in [0.4, 0.5) is 5.69 Å². The third-order valence-corrected chi connectivity index (χ3v) is 3.64. The number of nitrogens with zero attached hydrogens (tertiary/aromatic N) is 1. The molecule has 1 unspecified atom stereocenters. The first-order chi connectivity index (χ1) is 11.0. The number of amides is 1. The first-order valence-corrected chi connectivity index (χ1v) is 7.77. The summed E-state index contributed by atoms with van der Waals surface area (Å²) < 4.78 is 5.71. The van der Waals surface area contributed by atoms with Gasteiger partial charge in [-0.1, -0.05) is 19.4 Å². The van der Waals surface area contributed by atoms with Crippen LogP contribution in [0.25, 0.3) is 0 Å². The average molecular weight is 313 g/mol. The predicted molar refractivity (Wildman–Crippen MR) is 91.7 cm³/mol. The maximum Gasteiger partial charge on any atom is 0.241 e. The fourth-order valence-electron chi connectivity index (χ4n) is 2.09. The summed E-state index contributed by atoms with van der Waals surface area (Å²) in [5.41, 5.74) is 8.76. The Morgan fingerprint density at radius 1 is 1.26 bits per heavy atom. The van der Waals surface area contributed by atoms with Crippen molar-refractivity contribution in [2.45, 2.75) is 39.7 Å². The molecule has 5 nitrogen and oxygen atoms in total. The first-order valence-electron chi connectivity index (χ1n) is 7.77. The number of nitrogens with one attached hydrogen (secondary N) is 1. The van der Waals surface area contributed by atoms with Gasteiger partial charge in [0.15, 0.2) is 0 Å². The van der Waals surface area contributed by atoms with Crippen LogP contribution in [0.5, 0.6) is 11.6 Å². The lowest BCUT2D eigenvalue weighted by Crippen LogP contribution is -2.35. The van der Waals surface area contributed by atoms with E-state index in [1.807, 2.05) is 32.0 Å². The quantitative estimate of drug-likeness (QED) is 0.855. The highest BCUT2D eigenvalue weighted by Gasteiger charge is 2.12. The third kappa shape index (κ3) is 4.79. The molecule has 0 fully saturated rings. The van der Waals surface area contributed by atoms with Crippen molar-refractivity contribution in [2.24, 2.45) is 5.73 Å². The molecule has 2 rings (SSSR count). The summed E-state index contributed by atoms with van der Waals surface area (Å²) >= 11 is 0. The molecule has 0 aliphatic rings. The van der Waals surface area contributed by atoms with E-state index in [2.05, 4.69) is 17.2 Å². The van der Waals surface area contributed by atoms with E-state index in [0.29, 0.717) is 18.0 Å². The average Bonchev–Trinajstić information content (AvgIpc) is 2.53. The van der Waals surface area contributed by atoms with Crippen LogP contribution in [0.15, 0.2) is 36.5 Å². The van der Waals surface area contributed by atoms with Crippen LogP contribution in [0.1, 0.15) is 30.9 Å². The number of carbonyl (C=O) groups is 1. The van der Waals surface area contributed by atoms with Crippen molar-refractivity contribution in [1.29, 1.82) is 0 Å². The maximum atomic E-state index is 11.9. The molecule has 0 saturated carbocycles. The second-order valence-electron chi connectivity index (χ2n) is 5.62. The zero-order valence-corrected chi connectivity index (χ0v) is 13.8. The molecule has 0 bridgehead atoms. The van der Waals surface area contributed by atoms with E-state index in [1.165, 1.54) is 5.56 Å². The largest absolute Gasteiger partial charge is 0.439 e. The maximum absolute atomic E-state index is 11.9. The number of aryl methyl sites for hydroxylation is 2. The van der Waals surface area contributed by atoms with Gasteiger partial charge in [-0.05, 0) is 49.6 Å². The van der Waals surface area contributed by atoms with Crippen molar-refractivity contribution in [3.8, 4) is 11.6 Å². The minimum atomic E-state index is -0.494. The minimum absolute atomic E-state index is 0.198. The van der Waals surface area contributed by atoms with Crippen LogP contribution in [-0.2, 0) is 4.79 Å². The Morgan fingerprint density at radius 3 is 2.65 bits per heavy atom. The molecular formula is C18H23N3O2. The molecule has 1 heterocycles. The predicted octanol–water partition coefficient (Wildman–Crippen LogP) is 3.56. The van der Waals surface area contributed by atoms with Gasteiger partial charge in [-0.25, -0.2) is 4.98 Å². The molecule has 1 aromatic heterocycles. The third-order valence-electron chi connectivity index (χ3n) is 3.64. The SMILES string of the molecule is CCCC(N)C(=O)Nc1ccc(Oc2ccc(C)c(C)c2)nc1. The number of anilines is 1. The van der Waals surface area contributed by atoms with Crippen LogP contribution >= 0.6 is 0 Å². The molecule has 2 aromatic rings. The van der Waals surface area contributed by atoms with Crippen molar-refractivity contribution in [2.75, 3.05) is 5.32 Å². The molecule has 1 atom stereocenters. The minimum Gasteiger partial charge on any atom is -0.439 e. The molecule has 0 aliphatic heterocycles. The van der Waals surface area contributed by atoms with Gasteiger partial charge >= 0.3 is 0 Å². The second-order valence-corrected chi connectivity index (χ2v) is 5.62. The second kappa shape index (κ2) is 7.74. The molecular weight excluding hydrogens is 290 g/mol. The lowest BCUT2D eigenvalue weighted by Gasteiger charge is -2.11. The summed E-state index contributed by atoms with van der Waals surface area (Å²) in [7, 11) is 0. The Hall–Kier alpha value is -2.40. The summed E-state index contributed by atoms with van der Waals surface area (Å²) in [6.45, 7) is 6.08. The molecule has 0 saturated heterocycles. The number of ether oxygens (including phenoxy) is 1. The first kappa shape index (κ1) is 17.0. The Bertz CT molecular complexity index is 668. The summed E-state index contributed by atoms with van der Waals surface area (Å²) in [5, 5.41) is 2.75. The fraction of sp³-hybridized carbons (Fsp3) is 0.333. The van der Waals surface area contributed by atoms with Crippen molar-refractivity contribution in [1.82, 2.24) is 4.98 Å². The summed E-state index contributed by atoms with van der Waals surface area (Å²) in [6, 6.07) is 8.86. The van der Waals surface area contributed by atoms with E-state index in [4.69, 9.17) is 10.5 Å². The lowest BCUT2D eigenvalue weighted by atomic mass is 10.1. The highest BCUT2D eigenvalue weighted by Crippen LogP contribution is 2.23. The zero-order valence-electron chi connectivity index (χ0n) is 13.8. The Labute approximate surface area is 136 Å². The van der Waals surface area contributed by atoms with E-state index in [-0.39, 0.29) is 5.91 Å². The lowest BCUT2D eigenvalue weighted by molar-refractivity contribution is -0.117. The number of rotatable bonds is 6. The molecule has 3 N–H and O–H groups in total. The molecule has 0 spiro atoms. The van der Waals surface area contributed by atoms with Crippen LogP contribution in [0.3, 0.4) is 0 Å². The Morgan fingerprint density at radius 2 is 2.04 bits per heavy atom. The van der Waals surface area contributed by atoms with Gasteiger partial charge in [0.2, 0.25) is 11.8 Å². The number of hydrogen-bond acceptors (Lipinski definition) is 4. The van der Waals surface area contributed by atoms with Crippen LogP contribution in [0.2, 0.25) is 0 Å². The number of aromatic nitrogens is 1. The summed E-state index contributed by atoms with van der Waals surface area (Å²) in [4.78, 5) is 16.1. The van der Waals surface area contributed by atoms with Crippen molar-refractivity contribution >= 4 is 11.6 Å². The molecule has 5 heteroatoms. The van der Waals surface area contributed by atoms with Crippen molar-refractivity contribution in [3.63, 3.8) is 0 Å². The van der Waals surface area contributed by atoms with Gasteiger partial charge in [0.25, 0.3) is 0 Å². The van der Waals surface area contributed by atoms with Gasteiger partial charge in [0.05, 0.1) is 17.9 Å². The normalized spacial score (nSPS) is 11.8. The monoisotopic (exact) mass is 313 g/mol. The number of benzene rings is 1. The van der Waals surface area contributed by atoms with Gasteiger partial charge in [-0.3, -0.25) is 4.79 Å². The summed E-state index contributed by atoms with van der Waals surface area (Å²) in [5.74, 6) is 1.02. The smallest absolute Gasteiger partial charge is 0.241 e. The van der Waals surface area contributed by atoms with Gasteiger partial charge in [0, 0.05) is 6.07 Å². The zero-order chi connectivity index (χ0) is 16.8.